The van der Waals surface area contributed by atoms with Crippen molar-refractivity contribution < 1.29 is 18.7 Å². The number of carbonyl (C=O) groups excluding carboxylic acids is 1. The fraction of sp³-hybridized carbons (Fsp3) is 0.188. The minimum absolute atomic E-state index is 0.0436. The molecule has 0 aliphatic carbocycles. The van der Waals surface area contributed by atoms with E-state index in [4.69, 9.17) is 5.11 Å². The van der Waals surface area contributed by atoms with Crippen molar-refractivity contribution in [3.63, 3.8) is 0 Å². The average molecular weight is 332 g/mol. The molecule has 3 aromatic rings. The minimum atomic E-state index is -2.77. The van der Waals surface area contributed by atoms with Crippen molar-refractivity contribution in [2.24, 2.45) is 0 Å². The van der Waals surface area contributed by atoms with Crippen LogP contribution in [-0.2, 0) is 0 Å². The van der Waals surface area contributed by atoms with Crippen LogP contribution in [-0.4, -0.2) is 38.8 Å². The maximum atomic E-state index is 13.4. The Bertz CT molecular complexity index is 865. The van der Waals surface area contributed by atoms with Crippen LogP contribution in [0, 0.1) is 0 Å². The molecule has 1 aromatic carbocycles. The number of aromatic nitrogens is 3. The summed E-state index contributed by atoms with van der Waals surface area (Å²) in [6.07, 6.45) is -1.58. The Morgan fingerprint density at radius 3 is 2.71 bits per heavy atom. The second-order valence-corrected chi connectivity index (χ2v) is 5.01. The molecule has 24 heavy (non-hydrogen) atoms. The summed E-state index contributed by atoms with van der Waals surface area (Å²) in [5.74, 6) is -0.531. The van der Waals surface area contributed by atoms with Crippen molar-refractivity contribution in [2.75, 3.05) is 13.2 Å². The van der Waals surface area contributed by atoms with E-state index in [0.29, 0.717) is 11.3 Å². The van der Waals surface area contributed by atoms with E-state index in [1.165, 1.54) is 12.3 Å². The van der Waals surface area contributed by atoms with Crippen LogP contribution < -0.4 is 5.32 Å². The van der Waals surface area contributed by atoms with E-state index < -0.39 is 12.3 Å². The fourth-order valence-corrected chi connectivity index (χ4v) is 2.32. The van der Waals surface area contributed by atoms with Crippen LogP contribution in [0.5, 0.6) is 0 Å². The number of amides is 1. The van der Waals surface area contributed by atoms with Crippen molar-refractivity contribution in [3.05, 3.63) is 53.9 Å². The number of benzene rings is 1. The Labute approximate surface area is 135 Å². The second kappa shape index (κ2) is 6.71. The first-order valence-corrected chi connectivity index (χ1v) is 7.23. The van der Waals surface area contributed by atoms with Gasteiger partial charge in [-0.05, 0) is 6.07 Å². The molecule has 2 aromatic heterocycles. The van der Waals surface area contributed by atoms with E-state index >= 15 is 0 Å². The number of fused-ring (bicyclic) bond motifs is 1. The van der Waals surface area contributed by atoms with Crippen LogP contribution in [0.3, 0.4) is 0 Å². The fourth-order valence-electron chi connectivity index (χ4n) is 2.32. The standard InChI is InChI=1S/C16H14F2N4O2/c17-14(18)13-8-12(10-4-2-1-3-5-10)21-15-11(9-20-22(13)15)16(24)19-6-7-23/h1-5,8-9,14,23H,6-7H2,(H,19,24). The van der Waals surface area contributed by atoms with Crippen molar-refractivity contribution in [1.82, 2.24) is 19.9 Å². The summed E-state index contributed by atoms with van der Waals surface area (Å²) in [6.45, 7) is -0.174. The first kappa shape index (κ1) is 16.0. The number of aliphatic hydroxyl groups is 1. The van der Waals surface area contributed by atoms with Crippen molar-refractivity contribution in [2.45, 2.75) is 6.43 Å². The number of rotatable bonds is 5. The largest absolute Gasteiger partial charge is 0.395 e. The monoisotopic (exact) mass is 332 g/mol. The number of aliphatic hydroxyl groups excluding tert-OH is 1. The van der Waals surface area contributed by atoms with Gasteiger partial charge in [-0.1, -0.05) is 30.3 Å². The molecule has 3 rings (SSSR count). The van der Waals surface area contributed by atoms with Gasteiger partial charge in [0.05, 0.1) is 18.5 Å². The number of carbonyl (C=O) groups is 1. The molecule has 0 fully saturated rings. The SMILES string of the molecule is O=C(NCCO)c1cnn2c(C(F)F)cc(-c3ccccc3)nc12. The molecular weight excluding hydrogens is 318 g/mol. The van der Waals surface area contributed by atoms with E-state index in [1.54, 1.807) is 24.3 Å². The number of hydrogen-bond acceptors (Lipinski definition) is 4. The molecule has 124 valence electrons. The molecule has 0 atom stereocenters. The first-order valence-electron chi connectivity index (χ1n) is 7.23. The Morgan fingerprint density at radius 2 is 2.04 bits per heavy atom. The molecular formula is C16H14F2N4O2. The third-order valence-corrected chi connectivity index (χ3v) is 3.43. The number of nitrogens with zero attached hydrogens (tertiary/aromatic N) is 3. The van der Waals surface area contributed by atoms with Gasteiger partial charge in [0.15, 0.2) is 5.65 Å². The molecule has 0 radical (unpaired) electrons. The molecule has 1 amide bonds. The van der Waals surface area contributed by atoms with Gasteiger partial charge in [-0.3, -0.25) is 4.79 Å². The molecule has 0 saturated carbocycles. The molecule has 0 aliphatic heterocycles. The topological polar surface area (TPSA) is 79.5 Å². The maximum Gasteiger partial charge on any atom is 0.280 e. The van der Waals surface area contributed by atoms with Crippen molar-refractivity contribution in [3.8, 4) is 11.3 Å². The molecule has 0 spiro atoms. The minimum Gasteiger partial charge on any atom is -0.395 e. The lowest BCUT2D eigenvalue weighted by Crippen LogP contribution is -2.26. The lowest BCUT2D eigenvalue weighted by Gasteiger charge is -2.08. The number of nitrogens with one attached hydrogen (secondary N) is 1. The summed E-state index contributed by atoms with van der Waals surface area (Å²) in [7, 11) is 0. The molecule has 6 nitrogen and oxygen atoms in total. The molecule has 0 unspecified atom stereocenters. The highest BCUT2D eigenvalue weighted by atomic mass is 19.3. The van der Waals surface area contributed by atoms with Gasteiger partial charge in [0.25, 0.3) is 12.3 Å². The summed E-state index contributed by atoms with van der Waals surface area (Å²) in [5, 5.41) is 15.1. The second-order valence-electron chi connectivity index (χ2n) is 5.01. The number of halogens is 2. The predicted octanol–water partition coefficient (Wildman–Crippen LogP) is 2.06. The smallest absolute Gasteiger partial charge is 0.280 e. The van der Waals surface area contributed by atoms with Gasteiger partial charge < -0.3 is 10.4 Å². The third-order valence-electron chi connectivity index (χ3n) is 3.43. The van der Waals surface area contributed by atoms with Crippen LogP contribution >= 0.6 is 0 Å². The Kier molecular flexibility index (Phi) is 4.48. The van der Waals surface area contributed by atoms with E-state index in [9.17, 15) is 13.6 Å². The molecule has 2 N–H and O–H groups in total. The summed E-state index contributed by atoms with van der Waals surface area (Å²) in [4.78, 5) is 16.4. The highest BCUT2D eigenvalue weighted by molar-refractivity contribution is 5.99. The third kappa shape index (κ3) is 2.95. The van der Waals surface area contributed by atoms with Crippen molar-refractivity contribution >= 4 is 11.6 Å². The quantitative estimate of drug-likeness (QED) is 0.749. The van der Waals surface area contributed by atoms with Gasteiger partial charge in [-0.25, -0.2) is 18.3 Å². The molecule has 0 aliphatic rings. The van der Waals surface area contributed by atoms with Gasteiger partial charge in [0.2, 0.25) is 0 Å². The average Bonchev–Trinajstić information content (AvgIpc) is 3.03. The Hall–Kier alpha value is -2.87. The zero-order chi connectivity index (χ0) is 17.1. The highest BCUT2D eigenvalue weighted by Crippen LogP contribution is 2.26. The lowest BCUT2D eigenvalue weighted by molar-refractivity contribution is 0.0946. The van der Waals surface area contributed by atoms with Crippen LogP contribution in [0.2, 0.25) is 0 Å². The van der Waals surface area contributed by atoms with Crippen LogP contribution in [0.15, 0.2) is 42.6 Å². The van der Waals surface area contributed by atoms with Crippen LogP contribution in [0.25, 0.3) is 16.9 Å². The van der Waals surface area contributed by atoms with E-state index in [-0.39, 0.29) is 30.1 Å². The van der Waals surface area contributed by atoms with Gasteiger partial charge in [0, 0.05) is 12.1 Å². The Balaban J connectivity index is 2.16. The predicted molar refractivity (Wildman–Crippen MR) is 82.8 cm³/mol. The van der Waals surface area contributed by atoms with Gasteiger partial charge in [-0.15, -0.1) is 0 Å². The van der Waals surface area contributed by atoms with Crippen LogP contribution in [0.1, 0.15) is 22.5 Å². The number of alkyl halides is 2. The van der Waals surface area contributed by atoms with E-state index in [0.717, 1.165) is 4.52 Å². The van der Waals surface area contributed by atoms with E-state index in [1.807, 2.05) is 6.07 Å². The van der Waals surface area contributed by atoms with Gasteiger partial charge in [0.1, 0.15) is 11.3 Å². The Morgan fingerprint density at radius 1 is 1.29 bits per heavy atom. The normalized spacial score (nSPS) is 11.2. The van der Waals surface area contributed by atoms with E-state index in [2.05, 4.69) is 15.4 Å². The summed E-state index contributed by atoms with van der Waals surface area (Å²) in [5.41, 5.74) is 0.755. The zero-order valence-corrected chi connectivity index (χ0v) is 12.5. The summed E-state index contributed by atoms with van der Waals surface area (Å²) >= 11 is 0. The summed E-state index contributed by atoms with van der Waals surface area (Å²) < 4.78 is 27.7. The zero-order valence-electron chi connectivity index (χ0n) is 12.5. The maximum absolute atomic E-state index is 13.4. The highest BCUT2D eigenvalue weighted by Gasteiger charge is 2.21. The summed E-state index contributed by atoms with van der Waals surface area (Å²) in [6, 6.07) is 10.1. The van der Waals surface area contributed by atoms with Crippen LogP contribution in [0.4, 0.5) is 8.78 Å². The van der Waals surface area contributed by atoms with Gasteiger partial charge in [-0.2, -0.15) is 5.10 Å². The molecule has 2 heterocycles. The van der Waals surface area contributed by atoms with Gasteiger partial charge >= 0.3 is 0 Å². The lowest BCUT2D eigenvalue weighted by atomic mass is 10.1. The molecule has 0 saturated heterocycles. The molecule has 0 bridgehead atoms. The number of hydrogen-bond donors (Lipinski definition) is 2. The van der Waals surface area contributed by atoms with Crippen molar-refractivity contribution in [1.29, 1.82) is 0 Å². The first-order chi connectivity index (χ1) is 11.6. The molecule has 8 heteroatoms.